The summed E-state index contributed by atoms with van der Waals surface area (Å²) < 4.78 is 1.76. The first-order valence-corrected chi connectivity index (χ1v) is 8.63. The van der Waals surface area contributed by atoms with Crippen molar-refractivity contribution in [2.24, 2.45) is 5.73 Å². The second-order valence-corrected chi connectivity index (χ2v) is 6.61. The Morgan fingerprint density at radius 2 is 2.04 bits per heavy atom. The molecule has 1 aromatic carbocycles. The minimum Gasteiger partial charge on any atom is -0.366 e. The van der Waals surface area contributed by atoms with E-state index in [0.717, 1.165) is 0 Å². The Morgan fingerprint density at radius 1 is 1.27 bits per heavy atom. The maximum absolute atomic E-state index is 12.8. The van der Waals surface area contributed by atoms with E-state index < -0.39 is 11.8 Å². The van der Waals surface area contributed by atoms with Gasteiger partial charge in [0.05, 0.1) is 16.3 Å². The molecule has 2 amide bonds. The van der Waals surface area contributed by atoms with Crippen molar-refractivity contribution < 1.29 is 9.59 Å². The van der Waals surface area contributed by atoms with Gasteiger partial charge in [-0.15, -0.1) is 0 Å². The summed E-state index contributed by atoms with van der Waals surface area (Å²) >= 11 is 9.42. The zero-order valence-corrected chi connectivity index (χ0v) is 15.9. The van der Waals surface area contributed by atoms with Gasteiger partial charge in [-0.1, -0.05) is 23.7 Å². The number of carbonyl (C=O) groups excluding carboxylic acids is 2. The number of anilines is 1. The van der Waals surface area contributed by atoms with E-state index in [2.05, 4.69) is 31.3 Å². The molecule has 0 aliphatic rings. The van der Waals surface area contributed by atoms with E-state index in [9.17, 15) is 9.59 Å². The molecule has 0 aliphatic heterocycles. The molecule has 0 spiro atoms. The first-order chi connectivity index (χ1) is 12.4. The number of nitrogens with zero attached hydrogens (tertiary/aromatic N) is 3. The number of halogens is 2. The highest BCUT2D eigenvalue weighted by Crippen LogP contribution is 2.24. The second-order valence-electron chi connectivity index (χ2n) is 5.39. The predicted octanol–water partition coefficient (Wildman–Crippen LogP) is 3.34. The van der Waals surface area contributed by atoms with Gasteiger partial charge in [0.15, 0.2) is 5.82 Å². The first-order valence-electron chi connectivity index (χ1n) is 7.45. The molecule has 26 heavy (non-hydrogen) atoms. The summed E-state index contributed by atoms with van der Waals surface area (Å²) in [7, 11) is 0. The molecule has 7 nitrogen and oxygen atoms in total. The lowest BCUT2D eigenvalue weighted by Gasteiger charge is -2.13. The molecule has 0 radical (unpaired) electrons. The molecule has 3 rings (SSSR count). The Balaban J connectivity index is 2.04. The fourth-order valence-corrected chi connectivity index (χ4v) is 3.00. The molecule has 0 saturated carbocycles. The summed E-state index contributed by atoms with van der Waals surface area (Å²) in [6.45, 7) is 1.77. The molecule has 9 heteroatoms. The number of rotatable bonds is 4. The minimum absolute atomic E-state index is 0.191. The molecule has 0 aliphatic carbocycles. The van der Waals surface area contributed by atoms with Gasteiger partial charge in [0.2, 0.25) is 0 Å². The van der Waals surface area contributed by atoms with Crippen LogP contribution in [0.15, 0.2) is 47.2 Å². The topological polar surface area (TPSA) is 103 Å². The van der Waals surface area contributed by atoms with Crippen LogP contribution in [0.25, 0.3) is 5.82 Å². The van der Waals surface area contributed by atoms with Crippen molar-refractivity contribution in [3.05, 3.63) is 69.0 Å². The molecule has 0 bridgehead atoms. The Morgan fingerprint density at radius 3 is 2.73 bits per heavy atom. The van der Waals surface area contributed by atoms with Gasteiger partial charge in [-0.2, -0.15) is 5.10 Å². The SMILES string of the molecule is Cc1cccc(C(N)=O)c1NC(=O)c1cc(Br)nn1-c1ncccc1Cl. The first kappa shape index (κ1) is 18.1. The molecular weight excluding hydrogens is 422 g/mol. The van der Waals surface area contributed by atoms with Crippen LogP contribution in [-0.2, 0) is 0 Å². The van der Waals surface area contributed by atoms with Crippen LogP contribution in [0.4, 0.5) is 5.69 Å². The van der Waals surface area contributed by atoms with Crippen LogP contribution < -0.4 is 11.1 Å². The molecule has 0 unspecified atom stereocenters. The fraction of sp³-hybridized carbons (Fsp3) is 0.0588. The quantitative estimate of drug-likeness (QED) is 0.657. The van der Waals surface area contributed by atoms with E-state index in [4.69, 9.17) is 17.3 Å². The summed E-state index contributed by atoms with van der Waals surface area (Å²) in [4.78, 5) is 28.7. The van der Waals surface area contributed by atoms with Crippen molar-refractivity contribution in [2.75, 3.05) is 5.32 Å². The number of aromatic nitrogens is 3. The smallest absolute Gasteiger partial charge is 0.274 e. The summed E-state index contributed by atoms with van der Waals surface area (Å²) in [6.07, 6.45) is 1.55. The van der Waals surface area contributed by atoms with Gasteiger partial charge in [-0.3, -0.25) is 9.59 Å². The van der Waals surface area contributed by atoms with Crippen molar-refractivity contribution in [2.45, 2.75) is 6.92 Å². The average Bonchev–Trinajstić information content (AvgIpc) is 2.98. The van der Waals surface area contributed by atoms with Crippen molar-refractivity contribution >= 4 is 45.0 Å². The predicted molar refractivity (Wildman–Crippen MR) is 102 cm³/mol. The number of amides is 2. The van der Waals surface area contributed by atoms with Gasteiger partial charge in [-0.05, 0) is 46.6 Å². The minimum atomic E-state index is -0.633. The molecule has 0 saturated heterocycles. The van der Waals surface area contributed by atoms with E-state index in [1.807, 2.05) is 0 Å². The van der Waals surface area contributed by atoms with Crippen molar-refractivity contribution in [3.8, 4) is 5.82 Å². The Labute approximate surface area is 162 Å². The molecule has 3 N–H and O–H groups in total. The Kier molecular flexibility index (Phi) is 5.06. The Hall–Kier alpha value is -2.71. The van der Waals surface area contributed by atoms with Crippen molar-refractivity contribution in [1.29, 1.82) is 0 Å². The largest absolute Gasteiger partial charge is 0.366 e. The molecule has 0 atom stereocenters. The van der Waals surface area contributed by atoms with E-state index >= 15 is 0 Å². The van der Waals surface area contributed by atoms with Gasteiger partial charge >= 0.3 is 0 Å². The number of nitrogens with two attached hydrogens (primary N) is 1. The van der Waals surface area contributed by atoms with E-state index in [-0.39, 0.29) is 11.3 Å². The maximum Gasteiger partial charge on any atom is 0.274 e. The fourth-order valence-electron chi connectivity index (χ4n) is 2.43. The summed E-state index contributed by atoms with van der Waals surface area (Å²) in [6, 6.07) is 9.87. The summed E-state index contributed by atoms with van der Waals surface area (Å²) in [5.41, 5.74) is 6.87. The van der Waals surface area contributed by atoms with Crippen molar-refractivity contribution in [3.63, 3.8) is 0 Å². The van der Waals surface area contributed by atoms with E-state index in [0.29, 0.717) is 26.7 Å². The highest BCUT2D eigenvalue weighted by Gasteiger charge is 2.21. The van der Waals surface area contributed by atoms with Crippen LogP contribution >= 0.6 is 27.5 Å². The van der Waals surface area contributed by atoms with Crippen molar-refractivity contribution in [1.82, 2.24) is 14.8 Å². The van der Waals surface area contributed by atoms with Crippen LogP contribution in [-0.4, -0.2) is 26.6 Å². The van der Waals surface area contributed by atoms with Gasteiger partial charge in [0.1, 0.15) is 10.3 Å². The van der Waals surface area contributed by atoms with Crippen LogP contribution in [0.3, 0.4) is 0 Å². The van der Waals surface area contributed by atoms with E-state index in [1.54, 1.807) is 43.5 Å². The van der Waals surface area contributed by atoms with Crippen LogP contribution in [0.1, 0.15) is 26.4 Å². The molecule has 2 heterocycles. The summed E-state index contributed by atoms with van der Waals surface area (Å²) in [5.74, 6) is -0.807. The number of nitrogens with one attached hydrogen (secondary N) is 1. The lowest BCUT2D eigenvalue weighted by molar-refractivity contribution is 0.100. The standard InChI is InChI=1S/C17H13BrClN5O2/c1-9-4-2-5-10(15(20)25)14(9)22-17(26)12-8-13(18)23-24(12)16-11(19)6-3-7-21-16/h2-8H,1H3,(H2,20,25)(H,22,26). The third-order valence-corrected chi connectivity index (χ3v) is 4.31. The number of hydrogen-bond donors (Lipinski definition) is 2. The average molecular weight is 435 g/mol. The molecular formula is C17H13BrClN5O2. The third kappa shape index (κ3) is 3.47. The normalized spacial score (nSPS) is 10.6. The van der Waals surface area contributed by atoms with Gasteiger partial charge < -0.3 is 11.1 Å². The van der Waals surface area contributed by atoms with Crippen LogP contribution in [0.5, 0.6) is 0 Å². The van der Waals surface area contributed by atoms with Gasteiger partial charge in [0.25, 0.3) is 11.8 Å². The zero-order chi connectivity index (χ0) is 18.8. The number of carbonyl (C=O) groups is 2. The van der Waals surface area contributed by atoms with Crippen LogP contribution in [0.2, 0.25) is 5.02 Å². The summed E-state index contributed by atoms with van der Waals surface area (Å²) in [5, 5.41) is 7.28. The van der Waals surface area contributed by atoms with Crippen LogP contribution in [0, 0.1) is 6.92 Å². The number of pyridine rings is 1. The molecule has 0 fully saturated rings. The van der Waals surface area contributed by atoms with E-state index in [1.165, 1.54) is 10.7 Å². The second kappa shape index (κ2) is 7.27. The molecule has 3 aromatic rings. The maximum atomic E-state index is 12.8. The third-order valence-electron chi connectivity index (χ3n) is 3.63. The zero-order valence-electron chi connectivity index (χ0n) is 13.5. The lowest BCUT2D eigenvalue weighted by atomic mass is 10.1. The highest BCUT2D eigenvalue weighted by atomic mass is 79.9. The molecule has 132 valence electrons. The van der Waals surface area contributed by atoms with Gasteiger partial charge in [-0.25, -0.2) is 9.67 Å². The Bertz CT molecular complexity index is 1020. The number of hydrogen-bond acceptors (Lipinski definition) is 4. The highest BCUT2D eigenvalue weighted by molar-refractivity contribution is 9.10. The monoisotopic (exact) mass is 433 g/mol. The number of benzene rings is 1. The number of aryl methyl sites for hydroxylation is 1. The number of para-hydroxylation sites is 1. The lowest BCUT2D eigenvalue weighted by Crippen LogP contribution is -2.21. The molecule has 2 aromatic heterocycles. The number of primary amides is 1. The van der Waals surface area contributed by atoms with Gasteiger partial charge in [0, 0.05) is 12.3 Å².